The highest BCUT2D eigenvalue weighted by Crippen LogP contribution is 2.29. The average molecular weight is 371 g/mol. The number of hydrogen-bond donors (Lipinski definition) is 1. The fourth-order valence-corrected chi connectivity index (χ4v) is 3.55. The predicted octanol–water partition coefficient (Wildman–Crippen LogP) is 1.41. The van der Waals surface area contributed by atoms with Crippen LogP contribution in [-0.4, -0.2) is 46.6 Å². The number of carbonyl (C=O) groups excluding carboxylic acids is 1. The number of halogens is 3. The Hall–Kier alpha value is -2.00. The van der Waals surface area contributed by atoms with Crippen molar-refractivity contribution >= 4 is 17.4 Å². The molecule has 0 spiro atoms. The first kappa shape index (κ1) is 17.8. The number of rotatable bonds is 3. The largest absolute Gasteiger partial charge is 0.416 e. The number of nitrogens with one attached hydrogen (secondary N) is 1. The molecular formula is C16H18F3N4OS+. The van der Waals surface area contributed by atoms with Gasteiger partial charge in [-0.1, -0.05) is 16.6 Å². The number of nitrogens with zero attached hydrogens (tertiary/aromatic N) is 3. The van der Waals surface area contributed by atoms with Crippen molar-refractivity contribution in [3.8, 4) is 0 Å². The molecule has 1 aliphatic rings. The molecular weight excluding hydrogens is 353 g/mol. The molecule has 1 saturated heterocycles. The number of amides is 1. The van der Waals surface area contributed by atoms with Gasteiger partial charge in [0, 0.05) is 5.56 Å². The topological polar surface area (TPSA) is 50.5 Å². The highest BCUT2D eigenvalue weighted by Gasteiger charge is 2.31. The Bertz CT molecular complexity index is 754. The minimum Gasteiger partial charge on any atom is -0.328 e. The van der Waals surface area contributed by atoms with Crippen LogP contribution >= 0.6 is 11.5 Å². The summed E-state index contributed by atoms with van der Waals surface area (Å²) in [6.45, 7) is 4.83. The third kappa shape index (κ3) is 4.16. The maximum absolute atomic E-state index is 12.8. The van der Waals surface area contributed by atoms with Crippen LogP contribution in [0.2, 0.25) is 0 Å². The number of alkyl halides is 3. The molecule has 1 aromatic carbocycles. The second-order valence-electron chi connectivity index (χ2n) is 6.10. The summed E-state index contributed by atoms with van der Waals surface area (Å²) in [6.07, 6.45) is -4.32. The highest BCUT2D eigenvalue weighted by atomic mass is 32.1. The summed E-state index contributed by atoms with van der Waals surface area (Å²) in [6, 6.07) is 5.45. The quantitative estimate of drug-likeness (QED) is 0.888. The lowest BCUT2D eigenvalue weighted by atomic mass is 10.1. The fourth-order valence-electron chi connectivity index (χ4n) is 2.92. The van der Waals surface area contributed by atoms with Gasteiger partial charge in [0.05, 0.1) is 37.4 Å². The Morgan fingerprint density at radius 3 is 2.64 bits per heavy atom. The zero-order chi connectivity index (χ0) is 18.0. The Kier molecular flexibility index (Phi) is 5.05. The van der Waals surface area contributed by atoms with Crippen molar-refractivity contribution in [3.05, 3.63) is 46.0 Å². The van der Waals surface area contributed by atoms with Gasteiger partial charge in [-0.05, 0) is 30.6 Å². The summed E-state index contributed by atoms with van der Waals surface area (Å²) in [5.74, 6) is -0.0642. The smallest absolute Gasteiger partial charge is 0.328 e. The van der Waals surface area contributed by atoms with E-state index in [0.717, 1.165) is 17.6 Å². The fraction of sp³-hybridized carbons (Fsp3) is 0.438. The van der Waals surface area contributed by atoms with Gasteiger partial charge in [-0.2, -0.15) is 13.2 Å². The molecule has 9 heteroatoms. The first-order valence-corrected chi connectivity index (χ1v) is 8.70. The number of hydrogen-bond acceptors (Lipinski definition) is 4. The average Bonchev–Trinajstić information content (AvgIpc) is 3.00. The minimum atomic E-state index is -4.32. The molecule has 1 N–H and O–H groups in total. The van der Waals surface area contributed by atoms with Crippen molar-refractivity contribution in [2.45, 2.75) is 19.6 Å². The molecule has 1 aliphatic heterocycles. The maximum Gasteiger partial charge on any atom is 0.416 e. The highest BCUT2D eigenvalue weighted by molar-refractivity contribution is 7.07. The predicted molar refractivity (Wildman–Crippen MR) is 86.4 cm³/mol. The van der Waals surface area contributed by atoms with Gasteiger partial charge < -0.3 is 9.80 Å². The van der Waals surface area contributed by atoms with E-state index < -0.39 is 11.7 Å². The van der Waals surface area contributed by atoms with Gasteiger partial charge >= 0.3 is 6.18 Å². The van der Waals surface area contributed by atoms with Crippen LogP contribution in [0.1, 0.15) is 26.5 Å². The normalized spacial score (nSPS) is 16.2. The van der Waals surface area contributed by atoms with E-state index in [0.29, 0.717) is 48.9 Å². The molecule has 2 heterocycles. The summed E-state index contributed by atoms with van der Waals surface area (Å²) in [7, 11) is 0. The molecule has 2 aromatic rings. The SMILES string of the molecule is Cc1nnsc1C(=O)N1CC[NH+](Cc2cccc(C(F)(F)F)c2)CC1. The number of aromatic nitrogens is 2. The van der Waals surface area contributed by atoms with Gasteiger partial charge in [-0.15, -0.1) is 5.10 Å². The number of carbonyl (C=O) groups is 1. The van der Waals surface area contributed by atoms with Gasteiger partial charge in [0.15, 0.2) is 0 Å². The number of piperazine rings is 1. The van der Waals surface area contributed by atoms with Gasteiger partial charge in [0.25, 0.3) is 5.91 Å². The van der Waals surface area contributed by atoms with Crippen LogP contribution in [0.25, 0.3) is 0 Å². The van der Waals surface area contributed by atoms with Gasteiger partial charge in [0.1, 0.15) is 11.4 Å². The standard InChI is InChI=1S/C16H17F3N4OS/c1-11-14(25-21-20-11)15(24)23-7-5-22(6-8-23)10-12-3-2-4-13(9-12)16(17,18)19/h2-4,9H,5-8,10H2,1H3/p+1. The molecule has 134 valence electrons. The van der Waals surface area contributed by atoms with Crippen LogP contribution in [0.5, 0.6) is 0 Å². The van der Waals surface area contributed by atoms with Crippen LogP contribution in [0.15, 0.2) is 24.3 Å². The second-order valence-corrected chi connectivity index (χ2v) is 6.86. The summed E-state index contributed by atoms with van der Waals surface area (Å²) in [4.78, 5) is 15.9. The zero-order valence-electron chi connectivity index (χ0n) is 13.6. The van der Waals surface area contributed by atoms with Crippen LogP contribution in [0.3, 0.4) is 0 Å². The minimum absolute atomic E-state index is 0.0642. The number of aryl methyl sites for hydroxylation is 1. The van der Waals surface area contributed by atoms with E-state index in [2.05, 4.69) is 9.59 Å². The monoisotopic (exact) mass is 371 g/mol. The van der Waals surface area contributed by atoms with Crippen molar-refractivity contribution < 1.29 is 22.9 Å². The second kappa shape index (κ2) is 7.09. The molecule has 0 unspecified atom stereocenters. The zero-order valence-corrected chi connectivity index (χ0v) is 14.5. The summed E-state index contributed by atoms with van der Waals surface area (Å²) in [5, 5.41) is 3.86. The van der Waals surface area contributed by atoms with Crippen LogP contribution in [0.4, 0.5) is 13.2 Å². The van der Waals surface area contributed by atoms with Crippen molar-refractivity contribution in [3.63, 3.8) is 0 Å². The first-order chi connectivity index (χ1) is 11.8. The van der Waals surface area contributed by atoms with E-state index in [1.165, 1.54) is 17.0 Å². The first-order valence-electron chi connectivity index (χ1n) is 7.92. The lowest BCUT2D eigenvalue weighted by Crippen LogP contribution is -3.13. The molecule has 0 radical (unpaired) electrons. The summed E-state index contributed by atoms with van der Waals surface area (Å²) < 4.78 is 42.2. The summed E-state index contributed by atoms with van der Waals surface area (Å²) >= 11 is 1.09. The van der Waals surface area contributed by atoms with Gasteiger partial charge in [-0.3, -0.25) is 4.79 Å². The van der Waals surface area contributed by atoms with Crippen LogP contribution < -0.4 is 4.90 Å². The maximum atomic E-state index is 12.8. The van der Waals surface area contributed by atoms with Crippen molar-refractivity contribution in [1.82, 2.24) is 14.5 Å². The molecule has 1 amide bonds. The molecule has 25 heavy (non-hydrogen) atoms. The third-order valence-electron chi connectivity index (χ3n) is 4.31. The number of benzene rings is 1. The van der Waals surface area contributed by atoms with Crippen molar-refractivity contribution in [1.29, 1.82) is 0 Å². The van der Waals surface area contributed by atoms with E-state index in [9.17, 15) is 18.0 Å². The Morgan fingerprint density at radius 1 is 1.32 bits per heavy atom. The summed E-state index contributed by atoms with van der Waals surface area (Å²) in [5.41, 5.74) is 0.673. The van der Waals surface area contributed by atoms with Crippen LogP contribution in [0, 0.1) is 6.92 Å². The Balaban J connectivity index is 1.58. The third-order valence-corrected chi connectivity index (χ3v) is 5.13. The molecule has 3 rings (SSSR count). The molecule has 1 fully saturated rings. The number of quaternary nitrogens is 1. The molecule has 1 aromatic heterocycles. The lowest BCUT2D eigenvalue weighted by Gasteiger charge is -2.32. The van der Waals surface area contributed by atoms with E-state index in [1.54, 1.807) is 17.9 Å². The van der Waals surface area contributed by atoms with Gasteiger partial charge in [-0.25, -0.2) is 0 Å². The molecule has 5 nitrogen and oxygen atoms in total. The van der Waals surface area contributed by atoms with Crippen LogP contribution in [-0.2, 0) is 12.7 Å². The van der Waals surface area contributed by atoms with Gasteiger partial charge in [0.2, 0.25) is 0 Å². The van der Waals surface area contributed by atoms with E-state index in [1.807, 2.05) is 0 Å². The van der Waals surface area contributed by atoms with E-state index >= 15 is 0 Å². The van der Waals surface area contributed by atoms with E-state index in [-0.39, 0.29) is 5.91 Å². The van der Waals surface area contributed by atoms with E-state index in [4.69, 9.17) is 0 Å². The Morgan fingerprint density at radius 2 is 2.04 bits per heavy atom. The lowest BCUT2D eigenvalue weighted by molar-refractivity contribution is -0.917. The Labute approximate surface area is 147 Å². The van der Waals surface area contributed by atoms with Crippen molar-refractivity contribution in [2.24, 2.45) is 0 Å². The molecule has 0 atom stereocenters. The molecule has 0 saturated carbocycles. The van der Waals surface area contributed by atoms with Crippen molar-refractivity contribution in [2.75, 3.05) is 26.2 Å². The molecule has 0 aliphatic carbocycles. The molecule has 0 bridgehead atoms.